The summed E-state index contributed by atoms with van der Waals surface area (Å²) in [5, 5.41) is 1.51. The number of sulfone groups is 1. The number of thiazole rings is 1. The van der Waals surface area contributed by atoms with Crippen molar-refractivity contribution in [2.45, 2.75) is 63.7 Å². The van der Waals surface area contributed by atoms with Gasteiger partial charge in [-0.05, 0) is 51.0 Å². The van der Waals surface area contributed by atoms with E-state index in [-0.39, 0.29) is 59.1 Å². The number of ether oxygens (including phenoxy) is 5. The minimum absolute atomic E-state index is 0.0869. The molecule has 2 aromatic heterocycles. The molecule has 3 aromatic rings. The van der Waals surface area contributed by atoms with E-state index in [1.54, 1.807) is 32.4 Å². The van der Waals surface area contributed by atoms with Crippen molar-refractivity contribution < 1.29 is 55.3 Å². The molecule has 262 valence electrons. The van der Waals surface area contributed by atoms with Gasteiger partial charge >= 0.3 is 13.8 Å². The fourth-order valence-corrected chi connectivity index (χ4v) is 7.52. The standard InChI is InChI=1S/C30H38N3O12PS2/c1-6-23(16-39-4)44-25-12-21(13-26(14-25)45-24-8-9-27(31-15-24)48(5,37)38)28(34)32-29-33(19-40-30(35)43-20(2)3)22(18-47-29)17-46(36)41-10-7-11-42-46/h8-9,12-15,18,20,23H,6-7,10-11,16-17,19H2,1-5H3/b32-29-/t23-/m0/s1. The lowest BCUT2D eigenvalue weighted by Gasteiger charge is -2.23. The van der Waals surface area contributed by atoms with E-state index in [2.05, 4.69) is 9.98 Å². The van der Waals surface area contributed by atoms with Crippen LogP contribution >= 0.6 is 18.9 Å². The maximum atomic E-state index is 13.7. The third-order valence-electron chi connectivity index (χ3n) is 6.50. The van der Waals surface area contributed by atoms with Crippen molar-refractivity contribution in [2.75, 3.05) is 33.2 Å². The van der Waals surface area contributed by atoms with Gasteiger partial charge in [-0.1, -0.05) is 6.92 Å². The first-order valence-electron chi connectivity index (χ1n) is 14.9. The first-order chi connectivity index (χ1) is 22.8. The number of pyridine rings is 1. The summed E-state index contributed by atoms with van der Waals surface area (Å²) >= 11 is 1.06. The Hall–Kier alpha value is -3.60. The van der Waals surface area contributed by atoms with Crippen LogP contribution in [0.15, 0.2) is 51.9 Å². The number of carbonyl (C=O) groups excluding carboxylic acids is 2. The molecule has 1 amide bonds. The van der Waals surface area contributed by atoms with Gasteiger partial charge in [0, 0.05) is 36.1 Å². The maximum Gasteiger partial charge on any atom is 0.510 e. The smallest absolute Gasteiger partial charge is 0.488 e. The number of aromatic nitrogens is 2. The van der Waals surface area contributed by atoms with Gasteiger partial charge in [0.1, 0.15) is 23.4 Å². The second kappa shape index (κ2) is 16.7. The lowest BCUT2D eigenvalue weighted by Crippen LogP contribution is -2.24. The molecule has 1 saturated heterocycles. The molecule has 1 aromatic carbocycles. The summed E-state index contributed by atoms with van der Waals surface area (Å²) in [7, 11) is -5.46. The van der Waals surface area contributed by atoms with Gasteiger partial charge in [-0.25, -0.2) is 18.2 Å². The molecule has 1 atom stereocenters. The predicted molar refractivity (Wildman–Crippen MR) is 173 cm³/mol. The number of hydrogen-bond acceptors (Lipinski definition) is 14. The first kappa shape index (κ1) is 37.2. The van der Waals surface area contributed by atoms with E-state index in [0.717, 1.165) is 17.6 Å². The van der Waals surface area contributed by atoms with Crippen molar-refractivity contribution in [3.05, 3.63) is 58.0 Å². The van der Waals surface area contributed by atoms with E-state index in [9.17, 15) is 22.6 Å². The van der Waals surface area contributed by atoms with Gasteiger partial charge in [-0.3, -0.25) is 13.9 Å². The Bertz CT molecular complexity index is 1800. The lowest BCUT2D eigenvalue weighted by molar-refractivity contribution is 0.0150. The van der Waals surface area contributed by atoms with Gasteiger partial charge in [-0.2, -0.15) is 4.99 Å². The molecule has 4 rings (SSSR count). The molecule has 48 heavy (non-hydrogen) atoms. The fourth-order valence-electron chi connectivity index (χ4n) is 4.22. The van der Waals surface area contributed by atoms with Crippen molar-refractivity contribution >= 4 is 40.8 Å². The topological polar surface area (TPSA) is 180 Å². The van der Waals surface area contributed by atoms with E-state index in [1.165, 1.54) is 35.0 Å². The van der Waals surface area contributed by atoms with Crippen LogP contribution in [0.25, 0.3) is 0 Å². The van der Waals surface area contributed by atoms with Crippen molar-refractivity contribution in [3.63, 3.8) is 0 Å². The number of amides is 1. The van der Waals surface area contributed by atoms with Crippen molar-refractivity contribution in [3.8, 4) is 17.2 Å². The van der Waals surface area contributed by atoms with Crippen molar-refractivity contribution in [1.82, 2.24) is 9.55 Å². The molecule has 1 aliphatic rings. The van der Waals surface area contributed by atoms with Crippen LogP contribution < -0.4 is 14.3 Å². The van der Waals surface area contributed by atoms with E-state index < -0.39 is 35.6 Å². The molecule has 0 saturated carbocycles. The van der Waals surface area contributed by atoms with Crippen LogP contribution in [-0.2, 0) is 50.6 Å². The molecule has 0 bridgehead atoms. The normalized spacial score (nSPS) is 15.6. The van der Waals surface area contributed by atoms with Crippen LogP contribution in [0.2, 0.25) is 0 Å². The second-order valence-corrected chi connectivity index (χ2v) is 15.7. The third kappa shape index (κ3) is 10.7. The largest absolute Gasteiger partial charge is 0.510 e. The molecule has 15 nitrogen and oxygen atoms in total. The molecule has 0 unspecified atom stereocenters. The van der Waals surface area contributed by atoms with Crippen LogP contribution in [0, 0.1) is 0 Å². The molecule has 1 fully saturated rings. The fraction of sp³-hybridized carbons (Fsp3) is 0.467. The molecule has 3 heterocycles. The highest BCUT2D eigenvalue weighted by Crippen LogP contribution is 2.53. The summed E-state index contributed by atoms with van der Waals surface area (Å²) < 4.78 is 76.7. The van der Waals surface area contributed by atoms with Crippen molar-refractivity contribution in [1.29, 1.82) is 0 Å². The quantitative estimate of drug-likeness (QED) is 0.154. The average molecular weight is 728 g/mol. The molecular formula is C30H38N3O12PS2. The minimum atomic E-state index is -3.52. The zero-order valence-corrected chi connectivity index (χ0v) is 29.7. The van der Waals surface area contributed by atoms with Gasteiger partial charge in [0.25, 0.3) is 5.91 Å². The van der Waals surface area contributed by atoms with Crippen LogP contribution in [0.5, 0.6) is 17.2 Å². The van der Waals surface area contributed by atoms with Gasteiger partial charge in [0.2, 0.25) is 0 Å². The zero-order valence-electron chi connectivity index (χ0n) is 27.2. The molecule has 18 heteroatoms. The highest BCUT2D eigenvalue weighted by molar-refractivity contribution is 7.90. The van der Waals surface area contributed by atoms with E-state index in [0.29, 0.717) is 30.9 Å². The zero-order chi connectivity index (χ0) is 34.9. The second-order valence-electron chi connectivity index (χ2n) is 10.8. The highest BCUT2D eigenvalue weighted by atomic mass is 32.2. The van der Waals surface area contributed by atoms with Crippen LogP contribution in [-0.4, -0.2) is 75.4 Å². The van der Waals surface area contributed by atoms with Gasteiger partial charge < -0.3 is 32.7 Å². The molecule has 1 aliphatic heterocycles. The number of hydrogen-bond donors (Lipinski definition) is 0. The van der Waals surface area contributed by atoms with Gasteiger partial charge in [0.15, 0.2) is 26.4 Å². The van der Waals surface area contributed by atoms with Crippen LogP contribution in [0.4, 0.5) is 4.79 Å². The molecular weight excluding hydrogens is 689 g/mol. The summed E-state index contributed by atoms with van der Waals surface area (Å²) in [6.07, 6.45) is 1.68. The Morgan fingerprint density at radius 2 is 1.85 bits per heavy atom. The Kier molecular flexibility index (Phi) is 12.9. The summed E-state index contributed by atoms with van der Waals surface area (Å²) in [6.45, 7) is 5.71. The minimum Gasteiger partial charge on any atom is -0.488 e. The number of carbonyl (C=O) groups is 2. The Morgan fingerprint density at radius 3 is 2.48 bits per heavy atom. The van der Waals surface area contributed by atoms with Gasteiger partial charge in [-0.15, -0.1) is 11.3 Å². The molecule has 0 aliphatic carbocycles. The maximum absolute atomic E-state index is 13.7. The Labute approximate surface area is 282 Å². The van der Waals surface area contributed by atoms with Crippen LogP contribution in [0.1, 0.15) is 49.7 Å². The van der Waals surface area contributed by atoms with E-state index in [4.69, 9.17) is 32.7 Å². The number of nitrogens with zero attached hydrogens (tertiary/aromatic N) is 3. The highest BCUT2D eigenvalue weighted by Gasteiger charge is 2.30. The summed E-state index contributed by atoms with van der Waals surface area (Å²) in [6, 6.07) is 7.26. The van der Waals surface area contributed by atoms with Crippen LogP contribution in [0.3, 0.4) is 0 Å². The summed E-state index contributed by atoms with van der Waals surface area (Å²) in [5.41, 5.74) is 0.495. The number of rotatable bonds is 14. The number of benzene rings is 1. The average Bonchev–Trinajstić information content (AvgIpc) is 3.39. The Balaban J connectivity index is 1.70. The van der Waals surface area contributed by atoms with E-state index in [1.807, 2.05) is 6.92 Å². The Morgan fingerprint density at radius 1 is 1.12 bits per heavy atom. The third-order valence-corrected chi connectivity index (χ3v) is 10.3. The monoisotopic (exact) mass is 727 g/mol. The lowest BCUT2D eigenvalue weighted by atomic mass is 10.2. The number of methoxy groups -OCH3 is 1. The summed E-state index contributed by atoms with van der Waals surface area (Å²) in [4.78, 5) is 34.2. The molecule has 0 N–H and O–H groups in total. The molecule has 0 spiro atoms. The van der Waals surface area contributed by atoms with Gasteiger partial charge in [0.05, 0.1) is 38.3 Å². The predicted octanol–water partition coefficient (Wildman–Crippen LogP) is 5.33. The first-order valence-corrected chi connectivity index (χ1v) is 19.4. The molecule has 0 radical (unpaired) electrons. The summed E-state index contributed by atoms with van der Waals surface area (Å²) in [5.74, 6) is 0.00246. The van der Waals surface area contributed by atoms with E-state index >= 15 is 0 Å². The van der Waals surface area contributed by atoms with Crippen molar-refractivity contribution in [2.24, 2.45) is 4.99 Å². The SMILES string of the molecule is CC[C@@H](COC)Oc1cc(Oc2ccc(S(C)(=O)=O)nc2)cc(C(=O)/N=c2\scc(CP3(=O)OCCCO3)n2COC(=O)OC(C)C)c1.